The highest BCUT2D eigenvalue weighted by Crippen LogP contribution is 2.38. The van der Waals surface area contributed by atoms with Crippen LogP contribution in [0.4, 0.5) is 4.39 Å². The van der Waals surface area contributed by atoms with Crippen LogP contribution in [0.5, 0.6) is 0 Å². The predicted molar refractivity (Wildman–Crippen MR) is 35.8 cm³/mol. The molecule has 1 fully saturated rings. The first-order chi connectivity index (χ1) is 4.88. The maximum atomic E-state index is 12.8. The molecule has 1 aromatic heterocycles. The van der Waals surface area contributed by atoms with Crippen LogP contribution in [0.1, 0.15) is 18.5 Å². The number of pyridine rings is 1. The van der Waals surface area contributed by atoms with Crippen molar-refractivity contribution in [2.75, 3.05) is 0 Å². The van der Waals surface area contributed by atoms with Crippen molar-refractivity contribution in [1.29, 1.82) is 0 Å². The third kappa shape index (κ3) is 0.897. The predicted octanol–water partition coefficient (Wildman–Crippen LogP) is 1.94. The molecule has 1 radical (unpaired) electrons. The second-order valence-electron chi connectivity index (χ2n) is 2.44. The molecule has 1 saturated carbocycles. The molecular weight excluding hydrogens is 129 g/mol. The van der Waals surface area contributed by atoms with Gasteiger partial charge in [0.25, 0.3) is 0 Å². The minimum atomic E-state index is -0.185. The molecule has 1 aliphatic carbocycles. The van der Waals surface area contributed by atoms with E-state index in [4.69, 9.17) is 0 Å². The van der Waals surface area contributed by atoms with Gasteiger partial charge < -0.3 is 0 Å². The number of hydrogen-bond donors (Lipinski definition) is 0. The average molecular weight is 136 g/mol. The van der Waals surface area contributed by atoms with Crippen LogP contribution in [0.15, 0.2) is 18.3 Å². The van der Waals surface area contributed by atoms with Gasteiger partial charge in [-0.15, -0.1) is 0 Å². The van der Waals surface area contributed by atoms with Crippen LogP contribution in [0.25, 0.3) is 0 Å². The second kappa shape index (κ2) is 2.04. The highest BCUT2D eigenvalue weighted by Gasteiger charge is 2.28. The summed E-state index contributed by atoms with van der Waals surface area (Å²) in [6, 6.07) is 3.06. The van der Waals surface area contributed by atoms with Crippen LogP contribution in [0.3, 0.4) is 0 Å². The quantitative estimate of drug-likeness (QED) is 0.575. The van der Waals surface area contributed by atoms with Gasteiger partial charge in [0.1, 0.15) is 5.82 Å². The largest absolute Gasteiger partial charge is 0.258 e. The molecule has 0 saturated heterocycles. The summed E-state index contributed by atoms with van der Waals surface area (Å²) in [7, 11) is 0. The molecule has 0 atom stereocenters. The Morgan fingerprint density at radius 3 is 2.80 bits per heavy atom. The Bertz CT molecular complexity index is 243. The summed E-state index contributed by atoms with van der Waals surface area (Å²) in [5, 5.41) is 0. The molecule has 10 heavy (non-hydrogen) atoms. The maximum Gasteiger partial charge on any atom is 0.145 e. The molecule has 1 aliphatic rings. The fourth-order valence-corrected chi connectivity index (χ4v) is 0.945. The molecule has 0 aromatic carbocycles. The van der Waals surface area contributed by atoms with Crippen LogP contribution in [0, 0.1) is 11.7 Å². The Morgan fingerprint density at radius 2 is 2.20 bits per heavy atom. The number of halogens is 1. The van der Waals surface area contributed by atoms with Gasteiger partial charge in [-0.05, 0) is 25.0 Å². The minimum absolute atomic E-state index is 0.185. The Kier molecular flexibility index (Phi) is 1.19. The third-order valence-electron chi connectivity index (χ3n) is 1.59. The first kappa shape index (κ1) is 5.83. The van der Waals surface area contributed by atoms with Crippen LogP contribution < -0.4 is 0 Å². The molecule has 0 bridgehead atoms. The Labute approximate surface area is 58.9 Å². The topological polar surface area (TPSA) is 12.9 Å². The van der Waals surface area contributed by atoms with Gasteiger partial charge in [0.2, 0.25) is 0 Å². The monoisotopic (exact) mass is 136 g/mol. The third-order valence-corrected chi connectivity index (χ3v) is 1.59. The molecule has 2 heteroatoms. The molecule has 0 amide bonds. The highest BCUT2D eigenvalue weighted by atomic mass is 19.1. The van der Waals surface area contributed by atoms with E-state index in [2.05, 4.69) is 4.98 Å². The lowest BCUT2D eigenvalue weighted by Crippen LogP contribution is -1.90. The van der Waals surface area contributed by atoms with Crippen LogP contribution in [-0.2, 0) is 0 Å². The molecule has 0 unspecified atom stereocenters. The number of nitrogens with zero attached hydrogens (tertiary/aromatic N) is 1. The molecule has 0 aliphatic heterocycles. The molecule has 51 valence electrons. The van der Waals surface area contributed by atoms with Crippen molar-refractivity contribution < 1.29 is 4.39 Å². The fourth-order valence-electron chi connectivity index (χ4n) is 0.945. The molecular formula is C8H7FN. The summed E-state index contributed by atoms with van der Waals surface area (Å²) in [6.45, 7) is 0. The summed E-state index contributed by atoms with van der Waals surface area (Å²) in [5.41, 5.74) is 0.572. The summed E-state index contributed by atoms with van der Waals surface area (Å²) in [4.78, 5) is 3.93. The van der Waals surface area contributed by atoms with Crippen molar-refractivity contribution in [2.24, 2.45) is 0 Å². The van der Waals surface area contributed by atoms with E-state index >= 15 is 0 Å². The van der Waals surface area contributed by atoms with Crippen LogP contribution in [-0.4, -0.2) is 4.98 Å². The first-order valence-corrected chi connectivity index (χ1v) is 3.33. The number of hydrogen-bond acceptors (Lipinski definition) is 1. The number of aromatic nitrogens is 1. The summed E-state index contributed by atoms with van der Waals surface area (Å²) in [6.07, 6.45) is 3.67. The van der Waals surface area contributed by atoms with Gasteiger partial charge in [0.15, 0.2) is 0 Å². The first-order valence-electron chi connectivity index (χ1n) is 3.33. The van der Waals surface area contributed by atoms with Gasteiger partial charge in [0.05, 0.1) is 5.69 Å². The minimum Gasteiger partial charge on any atom is -0.258 e. The maximum absolute atomic E-state index is 12.8. The summed E-state index contributed by atoms with van der Waals surface area (Å²) in [5.74, 6) is 0.966. The summed E-state index contributed by atoms with van der Waals surface area (Å²) >= 11 is 0. The van der Waals surface area contributed by atoms with Crippen molar-refractivity contribution in [3.8, 4) is 0 Å². The van der Waals surface area contributed by atoms with Gasteiger partial charge in [-0.2, -0.15) is 0 Å². The van der Waals surface area contributed by atoms with Crippen molar-refractivity contribution in [2.45, 2.75) is 12.8 Å². The lowest BCUT2D eigenvalue weighted by atomic mass is 10.2. The fraction of sp³-hybridized carbons (Fsp3) is 0.250. The van der Waals surface area contributed by atoms with Gasteiger partial charge in [-0.3, -0.25) is 4.98 Å². The Balaban J connectivity index is 2.39. The number of rotatable bonds is 1. The van der Waals surface area contributed by atoms with Gasteiger partial charge in [-0.25, -0.2) is 4.39 Å². The molecule has 1 nitrogen and oxygen atoms in total. The molecule has 2 rings (SSSR count). The van der Waals surface area contributed by atoms with E-state index in [1.54, 1.807) is 12.3 Å². The van der Waals surface area contributed by atoms with E-state index in [9.17, 15) is 4.39 Å². The van der Waals surface area contributed by atoms with Crippen molar-refractivity contribution >= 4 is 0 Å². The summed E-state index contributed by atoms with van der Waals surface area (Å²) < 4.78 is 12.8. The highest BCUT2D eigenvalue weighted by molar-refractivity contribution is 5.32. The lowest BCUT2D eigenvalue weighted by Gasteiger charge is -1.95. The molecule has 1 aromatic rings. The van der Waals surface area contributed by atoms with Crippen molar-refractivity contribution in [3.05, 3.63) is 35.8 Å². The SMILES string of the molecule is Fc1cccnc1[C]1CC1. The van der Waals surface area contributed by atoms with E-state index in [1.165, 1.54) is 6.07 Å². The van der Waals surface area contributed by atoms with Crippen LogP contribution >= 0.6 is 0 Å². The smallest absolute Gasteiger partial charge is 0.145 e. The van der Waals surface area contributed by atoms with Gasteiger partial charge in [0, 0.05) is 12.1 Å². The zero-order chi connectivity index (χ0) is 6.97. The van der Waals surface area contributed by atoms with Crippen molar-refractivity contribution in [3.63, 3.8) is 0 Å². The van der Waals surface area contributed by atoms with Crippen LogP contribution in [0.2, 0.25) is 0 Å². The van der Waals surface area contributed by atoms with E-state index in [1.807, 2.05) is 0 Å². The van der Waals surface area contributed by atoms with E-state index < -0.39 is 0 Å². The second-order valence-corrected chi connectivity index (χ2v) is 2.44. The van der Waals surface area contributed by atoms with E-state index in [-0.39, 0.29) is 5.82 Å². The van der Waals surface area contributed by atoms with Gasteiger partial charge in [-0.1, -0.05) is 0 Å². The Hall–Kier alpha value is -0.920. The average Bonchev–Trinajstić information content (AvgIpc) is 2.71. The van der Waals surface area contributed by atoms with E-state index in [0.29, 0.717) is 5.69 Å². The van der Waals surface area contributed by atoms with Gasteiger partial charge >= 0.3 is 0 Å². The van der Waals surface area contributed by atoms with Crippen molar-refractivity contribution in [1.82, 2.24) is 4.98 Å². The lowest BCUT2D eigenvalue weighted by molar-refractivity contribution is 0.611. The molecule has 0 spiro atoms. The zero-order valence-corrected chi connectivity index (χ0v) is 5.47. The molecule has 1 heterocycles. The normalized spacial score (nSPS) is 17.3. The standard InChI is InChI=1S/C8H7FN/c9-7-2-1-5-10-8(7)6-3-4-6/h1-2,5H,3-4H2. The molecule has 0 N–H and O–H groups in total. The Morgan fingerprint density at radius 1 is 1.40 bits per heavy atom. The zero-order valence-electron chi connectivity index (χ0n) is 5.47. The van der Waals surface area contributed by atoms with E-state index in [0.717, 1.165) is 18.8 Å².